The van der Waals surface area contributed by atoms with E-state index in [1.165, 1.54) is 12.1 Å². The van der Waals surface area contributed by atoms with Crippen LogP contribution in [0.2, 0.25) is 0 Å². The number of benzene rings is 2. The van der Waals surface area contributed by atoms with Crippen LogP contribution in [0.4, 0.5) is 13.2 Å². The molecule has 2 aromatic carbocycles. The normalized spacial score (nSPS) is 12.1. The van der Waals surface area contributed by atoms with Gasteiger partial charge in [0.15, 0.2) is 9.84 Å². The number of oxazole rings is 1. The smallest absolute Gasteiger partial charge is 0.416 e. The molecule has 0 bridgehead atoms. The van der Waals surface area contributed by atoms with Crippen molar-refractivity contribution >= 4 is 15.6 Å². The van der Waals surface area contributed by atoms with Crippen LogP contribution in [-0.2, 0) is 39.4 Å². The maximum Gasteiger partial charge on any atom is 0.416 e. The predicted octanol–water partition coefficient (Wildman–Crippen LogP) is 5.74. The van der Waals surface area contributed by atoms with E-state index in [4.69, 9.17) is 4.42 Å². The molecule has 3 aromatic rings. The molecule has 0 N–H and O–H groups in total. The zero-order chi connectivity index (χ0) is 24.9. The molecule has 0 fully saturated rings. The minimum atomic E-state index is -4.40. The first kappa shape index (κ1) is 25.7. The van der Waals surface area contributed by atoms with Crippen molar-refractivity contribution in [2.45, 2.75) is 51.5 Å². The number of ketones is 1. The monoisotopic (exact) mass is 493 g/mol. The highest BCUT2D eigenvalue weighted by Crippen LogP contribution is 2.29. The Morgan fingerprint density at radius 3 is 2.21 bits per heavy atom. The van der Waals surface area contributed by atoms with Crippen LogP contribution in [0.1, 0.15) is 47.9 Å². The van der Waals surface area contributed by atoms with E-state index in [-0.39, 0.29) is 12.1 Å². The van der Waals surface area contributed by atoms with E-state index >= 15 is 0 Å². The fourth-order valence-corrected chi connectivity index (χ4v) is 4.92. The highest BCUT2D eigenvalue weighted by molar-refractivity contribution is 7.91. The van der Waals surface area contributed by atoms with Crippen LogP contribution in [0, 0.1) is 6.92 Å². The minimum Gasteiger partial charge on any atom is -0.441 e. The number of hydrogen-bond acceptors (Lipinski definition) is 5. The van der Waals surface area contributed by atoms with E-state index in [1.54, 1.807) is 6.92 Å². The van der Waals surface area contributed by atoms with Gasteiger partial charge in [-0.05, 0) is 61.6 Å². The summed E-state index contributed by atoms with van der Waals surface area (Å²) in [5, 5.41) is 0. The summed E-state index contributed by atoms with van der Waals surface area (Å²) in [6, 6.07) is 12.4. The van der Waals surface area contributed by atoms with Crippen molar-refractivity contribution in [1.82, 2.24) is 4.98 Å². The number of aryl methyl sites for hydroxylation is 3. The van der Waals surface area contributed by atoms with E-state index < -0.39 is 38.9 Å². The minimum absolute atomic E-state index is 0.0209. The number of carbonyl (C=O) groups excluding carboxylic acids is 1. The fraction of sp³-hybridized carbons (Fsp3) is 0.360. The molecule has 182 valence electrons. The van der Waals surface area contributed by atoms with E-state index in [9.17, 15) is 26.4 Å². The maximum absolute atomic E-state index is 12.6. The van der Waals surface area contributed by atoms with E-state index in [0.29, 0.717) is 30.1 Å². The fourth-order valence-electron chi connectivity index (χ4n) is 3.50. The summed E-state index contributed by atoms with van der Waals surface area (Å²) in [5.74, 6) is -0.753. The zero-order valence-corrected chi connectivity index (χ0v) is 19.8. The summed E-state index contributed by atoms with van der Waals surface area (Å²) in [5.41, 5.74) is 2.09. The summed E-state index contributed by atoms with van der Waals surface area (Å²) in [6.07, 6.45) is -2.75. The molecular formula is C25H26F3NO4S. The molecule has 0 spiro atoms. The average molecular weight is 494 g/mol. The molecule has 0 saturated carbocycles. The molecule has 0 radical (unpaired) electrons. The quantitative estimate of drug-likeness (QED) is 0.360. The number of alkyl halides is 3. The van der Waals surface area contributed by atoms with Crippen LogP contribution in [0.5, 0.6) is 0 Å². The molecule has 5 nitrogen and oxygen atoms in total. The van der Waals surface area contributed by atoms with E-state index in [1.807, 2.05) is 31.2 Å². The Morgan fingerprint density at radius 2 is 1.62 bits per heavy atom. The number of rotatable bonds is 10. The van der Waals surface area contributed by atoms with Crippen LogP contribution in [-0.4, -0.2) is 24.9 Å². The number of hydrogen-bond donors (Lipinski definition) is 0. The third-order valence-electron chi connectivity index (χ3n) is 5.44. The molecule has 0 aliphatic rings. The first-order valence-electron chi connectivity index (χ1n) is 10.9. The number of carbonyl (C=O) groups is 1. The van der Waals surface area contributed by atoms with Gasteiger partial charge in [-0.1, -0.05) is 31.2 Å². The molecule has 3 rings (SSSR count). The van der Waals surface area contributed by atoms with Gasteiger partial charge in [-0.15, -0.1) is 0 Å². The van der Waals surface area contributed by atoms with Gasteiger partial charge in [-0.25, -0.2) is 13.4 Å². The second-order valence-corrected chi connectivity index (χ2v) is 10.3. The lowest BCUT2D eigenvalue weighted by Crippen LogP contribution is -2.18. The SMILES string of the molecule is CCc1ccc(-c2nc(CS(=O)(=O)CC(=O)CCCc3ccc(C(F)(F)F)cc3)c(C)o2)cc1. The summed E-state index contributed by atoms with van der Waals surface area (Å²) in [7, 11) is -3.75. The van der Waals surface area contributed by atoms with Crippen molar-refractivity contribution < 1.29 is 30.8 Å². The maximum atomic E-state index is 12.6. The highest BCUT2D eigenvalue weighted by atomic mass is 32.2. The van der Waals surface area contributed by atoms with Gasteiger partial charge in [0.2, 0.25) is 5.89 Å². The molecule has 34 heavy (non-hydrogen) atoms. The summed E-state index contributed by atoms with van der Waals surface area (Å²) in [6.45, 7) is 3.68. The lowest BCUT2D eigenvalue weighted by atomic mass is 10.0. The molecular weight excluding hydrogens is 467 g/mol. The molecule has 0 aliphatic carbocycles. The standard InChI is InChI=1S/C25H26F3NO4S/c1-3-18-7-11-20(12-8-18)24-29-23(17(2)33-24)16-34(31,32)15-22(30)6-4-5-19-9-13-21(14-10-19)25(26,27)28/h7-14H,3-6,15-16H2,1-2H3. The van der Waals surface area contributed by atoms with Gasteiger partial charge in [0.25, 0.3) is 0 Å². The molecule has 0 unspecified atom stereocenters. The summed E-state index contributed by atoms with van der Waals surface area (Å²) >= 11 is 0. The molecule has 9 heteroatoms. The van der Waals surface area contributed by atoms with Crippen LogP contribution in [0.25, 0.3) is 11.5 Å². The third kappa shape index (κ3) is 7.03. The molecule has 0 amide bonds. The Balaban J connectivity index is 1.53. The van der Waals surface area contributed by atoms with Gasteiger partial charge in [0, 0.05) is 12.0 Å². The van der Waals surface area contributed by atoms with Crippen LogP contribution in [0.3, 0.4) is 0 Å². The number of halogens is 3. The largest absolute Gasteiger partial charge is 0.441 e. The molecule has 1 heterocycles. The molecule has 0 aliphatic heterocycles. The lowest BCUT2D eigenvalue weighted by Gasteiger charge is -2.07. The third-order valence-corrected chi connectivity index (χ3v) is 6.92. The van der Waals surface area contributed by atoms with Crippen molar-refractivity contribution in [3.63, 3.8) is 0 Å². The Bertz CT molecular complexity index is 1230. The van der Waals surface area contributed by atoms with Crippen molar-refractivity contribution in [1.29, 1.82) is 0 Å². The molecule has 1 aromatic heterocycles. The number of aromatic nitrogens is 1. The molecule has 0 atom stereocenters. The van der Waals surface area contributed by atoms with Crippen LogP contribution >= 0.6 is 0 Å². The summed E-state index contributed by atoms with van der Waals surface area (Å²) < 4.78 is 68.6. The Labute approximate surface area is 196 Å². The van der Waals surface area contributed by atoms with Gasteiger partial charge in [0.1, 0.15) is 17.3 Å². The number of sulfone groups is 1. The molecule has 0 saturated heterocycles. The highest BCUT2D eigenvalue weighted by Gasteiger charge is 2.30. The second kappa shape index (κ2) is 10.5. The second-order valence-electron chi connectivity index (χ2n) is 8.19. The average Bonchev–Trinajstić information content (AvgIpc) is 3.12. The Kier molecular flexibility index (Phi) is 7.97. The van der Waals surface area contributed by atoms with Crippen molar-refractivity contribution in [2.75, 3.05) is 5.75 Å². The van der Waals surface area contributed by atoms with E-state index in [0.717, 1.165) is 29.7 Å². The predicted molar refractivity (Wildman–Crippen MR) is 123 cm³/mol. The van der Waals surface area contributed by atoms with Gasteiger partial charge < -0.3 is 4.42 Å². The van der Waals surface area contributed by atoms with Crippen LogP contribution < -0.4 is 0 Å². The zero-order valence-electron chi connectivity index (χ0n) is 19.0. The summed E-state index contributed by atoms with van der Waals surface area (Å²) in [4.78, 5) is 16.5. The van der Waals surface area contributed by atoms with Gasteiger partial charge in [0.05, 0.1) is 17.0 Å². The Morgan fingerprint density at radius 1 is 1.00 bits per heavy atom. The first-order valence-corrected chi connectivity index (χ1v) is 12.7. The number of nitrogens with zero attached hydrogens (tertiary/aromatic N) is 1. The topological polar surface area (TPSA) is 77.2 Å². The first-order chi connectivity index (χ1) is 16.0. The van der Waals surface area contributed by atoms with Crippen LogP contribution in [0.15, 0.2) is 52.9 Å². The van der Waals surface area contributed by atoms with Gasteiger partial charge in [-0.2, -0.15) is 13.2 Å². The number of Topliss-reactive ketones (excluding diaryl/α,β-unsaturated/α-hetero) is 1. The van der Waals surface area contributed by atoms with E-state index in [2.05, 4.69) is 4.98 Å². The Hall–Kier alpha value is -2.94. The van der Waals surface area contributed by atoms with Gasteiger partial charge >= 0.3 is 6.18 Å². The lowest BCUT2D eigenvalue weighted by molar-refractivity contribution is -0.137. The van der Waals surface area contributed by atoms with Crippen molar-refractivity contribution in [3.8, 4) is 11.5 Å². The van der Waals surface area contributed by atoms with Gasteiger partial charge in [-0.3, -0.25) is 4.79 Å². The van der Waals surface area contributed by atoms with Crippen molar-refractivity contribution in [3.05, 3.63) is 76.7 Å². The van der Waals surface area contributed by atoms with Crippen molar-refractivity contribution in [2.24, 2.45) is 0 Å².